The van der Waals surface area contributed by atoms with Crippen molar-refractivity contribution in [3.05, 3.63) is 17.5 Å². The van der Waals surface area contributed by atoms with Gasteiger partial charge in [-0.1, -0.05) is 11.1 Å². The van der Waals surface area contributed by atoms with Crippen LogP contribution in [0.15, 0.2) is 10.6 Å². The number of aldehydes is 1. The van der Waals surface area contributed by atoms with Crippen molar-refractivity contribution in [3.8, 4) is 11.8 Å². The van der Waals surface area contributed by atoms with Gasteiger partial charge in [0, 0.05) is 12.0 Å². The molecule has 0 spiro atoms. The number of hydrogen-bond donors (Lipinski definition) is 0. The van der Waals surface area contributed by atoms with Crippen LogP contribution in [0.2, 0.25) is 0 Å². The van der Waals surface area contributed by atoms with E-state index in [-0.39, 0.29) is 0 Å². The molecule has 12 heavy (non-hydrogen) atoms. The Hall–Kier alpha value is -1.56. The topological polar surface area (TPSA) is 43.1 Å². The van der Waals surface area contributed by atoms with Crippen LogP contribution in [0.25, 0.3) is 0 Å². The normalized spacial score (nSPS) is 15.0. The van der Waals surface area contributed by atoms with Gasteiger partial charge in [0.2, 0.25) is 5.76 Å². The Morgan fingerprint density at radius 2 is 2.50 bits per heavy atom. The lowest BCUT2D eigenvalue weighted by Gasteiger charge is -1.72. The number of rotatable bonds is 1. The molecule has 1 aliphatic rings. The van der Waals surface area contributed by atoms with E-state index in [2.05, 4.69) is 17.0 Å². The van der Waals surface area contributed by atoms with E-state index in [0.29, 0.717) is 23.7 Å². The van der Waals surface area contributed by atoms with Gasteiger partial charge in [-0.05, 0) is 18.8 Å². The van der Waals surface area contributed by atoms with E-state index in [1.54, 1.807) is 6.07 Å². The predicted octanol–water partition coefficient (Wildman–Crippen LogP) is 1.25. The summed E-state index contributed by atoms with van der Waals surface area (Å²) in [7, 11) is 0. The molecule has 0 unspecified atom stereocenters. The van der Waals surface area contributed by atoms with Crippen LogP contribution in [0.5, 0.6) is 0 Å². The number of nitrogens with zero attached hydrogens (tertiary/aromatic N) is 1. The molecule has 0 N–H and O–H groups in total. The zero-order valence-corrected chi connectivity index (χ0v) is 6.41. The lowest BCUT2D eigenvalue weighted by molar-refractivity contribution is 0.111. The maximum atomic E-state index is 10.2. The number of hydrogen-bond acceptors (Lipinski definition) is 3. The number of aromatic nitrogens is 1. The molecule has 3 nitrogen and oxygen atoms in total. The first-order valence-corrected chi connectivity index (χ1v) is 3.82. The molecule has 2 rings (SSSR count). The van der Waals surface area contributed by atoms with Crippen molar-refractivity contribution in [2.45, 2.75) is 12.8 Å². The summed E-state index contributed by atoms with van der Waals surface area (Å²) in [6.07, 6.45) is 3.01. The second kappa shape index (κ2) is 2.82. The highest BCUT2D eigenvalue weighted by Gasteiger charge is 2.17. The molecule has 1 heterocycles. The predicted molar refractivity (Wildman–Crippen MR) is 41.5 cm³/mol. The monoisotopic (exact) mass is 161 g/mol. The summed E-state index contributed by atoms with van der Waals surface area (Å²) < 4.78 is 4.78. The van der Waals surface area contributed by atoms with Gasteiger partial charge in [-0.3, -0.25) is 4.79 Å². The van der Waals surface area contributed by atoms with E-state index in [1.807, 2.05) is 0 Å². The van der Waals surface area contributed by atoms with Gasteiger partial charge in [0.25, 0.3) is 0 Å². The van der Waals surface area contributed by atoms with Gasteiger partial charge in [0.15, 0.2) is 6.29 Å². The Bertz CT molecular complexity index is 352. The molecule has 1 aliphatic carbocycles. The summed E-state index contributed by atoms with van der Waals surface area (Å²) in [6.45, 7) is 0. The van der Waals surface area contributed by atoms with Crippen LogP contribution < -0.4 is 0 Å². The molecule has 3 heteroatoms. The third kappa shape index (κ3) is 1.54. The largest absolute Gasteiger partial charge is 0.347 e. The van der Waals surface area contributed by atoms with Gasteiger partial charge in [-0.15, -0.1) is 0 Å². The fourth-order valence-electron chi connectivity index (χ4n) is 0.804. The van der Waals surface area contributed by atoms with E-state index < -0.39 is 0 Å². The average Bonchev–Trinajstić information content (AvgIpc) is 2.81. The number of carbonyl (C=O) groups excluding carboxylic acids is 1. The Labute approximate surface area is 69.7 Å². The fraction of sp³-hybridized carbons (Fsp3) is 0.333. The maximum absolute atomic E-state index is 10.2. The van der Waals surface area contributed by atoms with E-state index in [1.165, 1.54) is 12.8 Å². The van der Waals surface area contributed by atoms with Gasteiger partial charge in [0.1, 0.15) is 5.69 Å². The highest BCUT2D eigenvalue weighted by Crippen LogP contribution is 2.27. The lowest BCUT2D eigenvalue weighted by Crippen LogP contribution is -1.73. The van der Waals surface area contributed by atoms with E-state index in [9.17, 15) is 4.79 Å². The van der Waals surface area contributed by atoms with Gasteiger partial charge >= 0.3 is 0 Å². The molecule has 0 aliphatic heterocycles. The second-order valence-electron chi connectivity index (χ2n) is 2.78. The first kappa shape index (κ1) is 7.11. The minimum absolute atomic E-state index is 0.301. The van der Waals surface area contributed by atoms with Crippen molar-refractivity contribution in [1.82, 2.24) is 5.16 Å². The van der Waals surface area contributed by atoms with Crippen molar-refractivity contribution in [2.24, 2.45) is 5.92 Å². The Kier molecular flexibility index (Phi) is 1.67. The van der Waals surface area contributed by atoms with Crippen LogP contribution >= 0.6 is 0 Å². The maximum Gasteiger partial charge on any atom is 0.210 e. The zero-order valence-electron chi connectivity index (χ0n) is 6.41. The summed E-state index contributed by atoms with van der Waals surface area (Å²) >= 11 is 0. The molecule has 0 aromatic carbocycles. The first-order chi connectivity index (χ1) is 5.88. The molecule has 0 radical (unpaired) electrons. The van der Waals surface area contributed by atoms with Gasteiger partial charge < -0.3 is 4.52 Å². The van der Waals surface area contributed by atoms with Crippen LogP contribution in [0, 0.1) is 17.8 Å². The Morgan fingerprint density at radius 1 is 1.67 bits per heavy atom. The summed E-state index contributed by atoms with van der Waals surface area (Å²) in [6, 6.07) is 1.54. The minimum atomic E-state index is 0.301. The van der Waals surface area contributed by atoms with Crippen molar-refractivity contribution in [1.29, 1.82) is 0 Å². The van der Waals surface area contributed by atoms with Crippen LogP contribution in [0.4, 0.5) is 0 Å². The molecular formula is C9H7NO2. The van der Waals surface area contributed by atoms with Gasteiger partial charge in [0.05, 0.1) is 0 Å². The standard InChI is InChI=1S/C9H7NO2/c11-6-8-5-9(12-10-8)4-3-7-1-2-7/h5-7H,1-2H2. The van der Waals surface area contributed by atoms with Crippen molar-refractivity contribution in [3.63, 3.8) is 0 Å². The molecule has 1 saturated carbocycles. The van der Waals surface area contributed by atoms with E-state index >= 15 is 0 Å². The molecule has 1 aromatic heterocycles. The summed E-state index contributed by atoms with van der Waals surface area (Å²) in [5.41, 5.74) is 0.301. The molecule has 1 fully saturated rings. The van der Waals surface area contributed by atoms with Crippen molar-refractivity contribution < 1.29 is 9.32 Å². The second-order valence-corrected chi connectivity index (χ2v) is 2.78. The molecular weight excluding hydrogens is 154 g/mol. The van der Waals surface area contributed by atoms with Crippen molar-refractivity contribution >= 4 is 6.29 Å². The van der Waals surface area contributed by atoms with Gasteiger partial charge in [-0.25, -0.2) is 0 Å². The SMILES string of the molecule is O=Cc1cc(C#CC2CC2)on1. The van der Waals surface area contributed by atoms with Crippen molar-refractivity contribution in [2.75, 3.05) is 0 Å². The quantitative estimate of drug-likeness (QED) is 0.460. The van der Waals surface area contributed by atoms with E-state index in [4.69, 9.17) is 4.52 Å². The van der Waals surface area contributed by atoms with Crippen LogP contribution in [-0.4, -0.2) is 11.4 Å². The van der Waals surface area contributed by atoms with Crippen LogP contribution in [0.1, 0.15) is 29.1 Å². The Morgan fingerprint density at radius 3 is 3.08 bits per heavy atom. The molecule has 0 bridgehead atoms. The average molecular weight is 161 g/mol. The molecule has 0 amide bonds. The third-order valence-electron chi connectivity index (χ3n) is 1.63. The third-order valence-corrected chi connectivity index (χ3v) is 1.63. The van der Waals surface area contributed by atoms with Crippen LogP contribution in [-0.2, 0) is 0 Å². The lowest BCUT2D eigenvalue weighted by atomic mass is 10.3. The summed E-state index contributed by atoms with van der Waals surface area (Å²) in [5.74, 6) is 6.85. The molecule has 1 aromatic rings. The highest BCUT2D eigenvalue weighted by atomic mass is 16.5. The molecule has 0 atom stereocenters. The van der Waals surface area contributed by atoms with Gasteiger partial charge in [-0.2, -0.15) is 0 Å². The Balaban J connectivity index is 2.12. The smallest absolute Gasteiger partial charge is 0.210 e. The zero-order chi connectivity index (χ0) is 8.39. The van der Waals surface area contributed by atoms with Crippen LogP contribution in [0.3, 0.4) is 0 Å². The van der Waals surface area contributed by atoms with E-state index in [0.717, 1.165) is 0 Å². The number of carbonyl (C=O) groups is 1. The highest BCUT2D eigenvalue weighted by molar-refractivity contribution is 5.71. The minimum Gasteiger partial charge on any atom is -0.347 e. The first-order valence-electron chi connectivity index (χ1n) is 3.82. The summed E-state index contributed by atoms with van der Waals surface area (Å²) in [5, 5.41) is 3.49. The molecule has 60 valence electrons. The summed E-state index contributed by atoms with van der Waals surface area (Å²) in [4.78, 5) is 10.2. The molecule has 0 saturated heterocycles. The fourth-order valence-corrected chi connectivity index (χ4v) is 0.804.